The molecule has 0 aliphatic rings. The summed E-state index contributed by atoms with van der Waals surface area (Å²) in [4.78, 5) is 0. The summed E-state index contributed by atoms with van der Waals surface area (Å²) in [6, 6.07) is 9.88. The molecule has 15 heavy (non-hydrogen) atoms. The molecule has 0 fully saturated rings. The van der Waals surface area contributed by atoms with Crippen LogP contribution >= 0.6 is 0 Å². The lowest BCUT2D eigenvalue weighted by Gasteiger charge is -2.09. The molecule has 0 saturated heterocycles. The van der Waals surface area contributed by atoms with Crippen LogP contribution in [0.1, 0.15) is 26.7 Å². The van der Waals surface area contributed by atoms with Crippen molar-refractivity contribution in [1.29, 1.82) is 0 Å². The molecule has 0 N–H and O–H groups in total. The van der Waals surface area contributed by atoms with E-state index < -0.39 is 0 Å². The third-order valence-corrected chi connectivity index (χ3v) is 2.42. The Bertz CT molecular complexity index is 398. The Hall–Kier alpha value is -1.44. The lowest BCUT2D eigenvalue weighted by Crippen LogP contribution is -2.10. The van der Waals surface area contributed by atoms with Crippen molar-refractivity contribution in [2.75, 3.05) is 0 Å². The maximum absolute atomic E-state index is 5.67. The molecule has 1 aromatic carbocycles. The Labute approximate surface area is 89.8 Å². The average molecular weight is 204 g/mol. The summed E-state index contributed by atoms with van der Waals surface area (Å²) in [6.07, 6.45) is 2.40. The zero-order valence-corrected chi connectivity index (χ0v) is 9.19. The second-order valence-electron chi connectivity index (χ2n) is 3.82. The second-order valence-corrected chi connectivity index (χ2v) is 3.82. The van der Waals surface area contributed by atoms with Crippen molar-refractivity contribution < 1.29 is 9.15 Å². The molecule has 2 rings (SSSR count). The predicted molar refractivity (Wildman–Crippen MR) is 61.2 cm³/mol. The van der Waals surface area contributed by atoms with Gasteiger partial charge < -0.3 is 9.15 Å². The predicted octanol–water partition coefficient (Wildman–Crippen LogP) is 4.00. The Balaban J connectivity index is 2.15. The fourth-order valence-electron chi connectivity index (χ4n) is 1.68. The van der Waals surface area contributed by atoms with E-state index >= 15 is 0 Å². The maximum Gasteiger partial charge on any atom is 0.285 e. The van der Waals surface area contributed by atoms with E-state index in [2.05, 4.69) is 13.8 Å². The fraction of sp³-hybridized carbons (Fsp3) is 0.385. The molecule has 2 aromatic rings. The third-order valence-electron chi connectivity index (χ3n) is 2.42. The van der Waals surface area contributed by atoms with Gasteiger partial charge >= 0.3 is 0 Å². The number of furan rings is 1. The summed E-state index contributed by atoms with van der Waals surface area (Å²) in [6.45, 7) is 4.22. The van der Waals surface area contributed by atoms with Gasteiger partial charge in [0.15, 0.2) is 0 Å². The SMILES string of the molecule is CCCC(C)Oc1cc2ccccc2o1. The summed E-state index contributed by atoms with van der Waals surface area (Å²) in [5.41, 5.74) is 0.885. The van der Waals surface area contributed by atoms with Gasteiger partial charge in [0.1, 0.15) is 5.58 Å². The fourth-order valence-corrected chi connectivity index (χ4v) is 1.68. The first-order valence-electron chi connectivity index (χ1n) is 5.45. The highest BCUT2D eigenvalue weighted by Gasteiger charge is 2.07. The van der Waals surface area contributed by atoms with Crippen LogP contribution in [0.15, 0.2) is 34.7 Å². The van der Waals surface area contributed by atoms with Crippen LogP contribution in [0.25, 0.3) is 11.0 Å². The maximum atomic E-state index is 5.67. The Morgan fingerprint density at radius 2 is 2.13 bits per heavy atom. The quantitative estimate of drug-likeness (QED) is 0.751. The van der Waals surface area contributed by atoms with Crippen LogP contribution in [0.2, 0.25) is 0 Å². The second kappa shape index (κ2) is 4.39. The highest BCUT2D eigenvalue weighted by molar-refractivity contribution is 5.78. The van der Waals surface area contributed by atoms with Crippen molar-refractivity contribution in [2.24, 2.45) is 0 Å². The molecule has 1 atom stereocenters. The van der Waals surface area contributed by atoms with Gasteiger partial charge in [-0.3, -0.25) is 0 Å². The lowest BCUT2D eigenvalue weighted by atomic mass is 10.2. The van der Waals surface area contributed by atoms with Crippen molar-refractivity contribution in [3.63, 3.8) is 0 Å². The van der Waals surface area contributed by atoms with E-state index in [0.29, 0.717) is 5.95 Å². The van der Waals surface area contributed by atoms with E-state index in [9.17, 15) is 0 Å². The standard InChI is InChI=1S/C13H16O2/c1-3-6-10(2)14-13-9-11-7-4-5-8-12(11)15-13/h4-5,7-10H,3,6H2,1-2H3. The Morgan fingerprint density at radius 1 is 1.33 bits per heavy atom. The topological polar surface area (TPSA) is 22.4 Å². The molecule has 0 aliphatic carbocycles. The molecule has 0 spiro atoms. The molecule has 0 amide bonds. The molecular weight excluding hydrogens is 188 g/mol. The molecule has 2 heteroatoms. The molecular formula is C13H16O2. The van der Waals surface area contributed by atoms with Crippen molar-refractivity contribution >= 4 is 11.0 Å². The van der Waals surface area contributed by atoms with E-state index in [1.54, 1.807) is 0 Å². The minimum atomic E-state index is 0.218. The highest BCUT2D eigenvalue weighted by atomic mass is 16.6. The van der Waals surface area contributed by atoms with Crippen LogP contribution in [-0.2, 0) is 0 Å². The van der Waals surface area contributed by atoms with Gasteiger partial charge in [0, 0.05) is 11.5 Å². The number of hydrogen-bond acceptors (Lipinski definition) is 2. The zero-order valence-electron chi connectivity index (χ0n) is 9.19. The molecule has 80 valence electrons. The van der Waals surface area contributed by atoms with Crippen LogP contribution < -0.4 is 4.74 Å². The molecule has 1 unspecified atom stereocenters. The summed E-state index contributed by atoms with van der Waals surface area (Å²) >= 11 is 0. The first-order chi connectivity index (χ1) is 7.29. The molecule has 2 nitrogen and oxygen atoms in total. The van der Waals surface area contributed by atoms with Crippen molar-refractivity contribution in [2.45, 2.75) is 32.8 Å². The summed E-state index contributed by atoms with van der Waals surface area (Å²) in [5.74, 6) is 0.622. The van der Waals surface area contributed by atoms with Gasteiger partial charge in [-0.05, 0) is 19.4 Å². The van der Waals surface area contributed by atoms with E-state index in [-0.39, 0.29) is 6.10 Å². The van der Waals surface area contributed by atoms with Gasteiger partial charge in [0.25, 0.3) is 5.95 Å². The lowest BCUT2D eigenvalue weighted by molar-refractivity contribution is 0.166. The van der Waals surface area contributed by atoms with Gasteiger partial charge in [0.2, 0.25) is 0 Å². The van der Waals surface area contributed by atoms with Gasteiger partial charge in [-0.2, -0.15) is 0 Å². The number of fused-ring (bicyclic) bond motifs is 1. The van der Waals surface area contributed by atoms with Crippen LogP contribution in [-0.4, -0.2) is 6.10 Å². The molecule has 0 aliphatic heterocycles. The Kier molecular flexibility index (Phi) is 2.95. The minimum absolute atomic E-state index is 0.218. The smallest absolute Gasteiger partial charge is 0.285 e. The zero-order chi connectivity index (χ0) is 10.7. The van der Waals surface area contributed by atoms with Crippen molar-refractivity contribution in [3.8, 4) is 5.95 Å². The van der Waals surface area contributed by atoms with Crippen LogP contribution in [0.5, 0.6) is 5.95 Å². The number of benzene rings is 1. The molecule has 1 heterocycles. The highest BCUT2D eigenvalue weighted by Crippen LogP contribution is 2.25. The van der Waals surface area contributed by atoms with Crippen molar-refractivity contribution in [1.82, 2.24) is 0 Å². The Morgan fingerprint density at radius 3 is 2.87 bits per heavy atom. The summed E-state index contributed by atoms with van der Waals surface area (Å²) in [5, 5.41) is 1.09. The summed E-state index contributed by atoms with van der Waals surface area (Å²) in [7, 11) is 0. The van der Waals surface area contributed by atoms with Crippen LogP contribution in [0.4, 0.5) is 0 Å². The molecule has 0 bridgehead atoms. The average Bonchev–Trinajstić information content (AvgIpc) is 2.59. The molecule has 0 radical (unpaired) electrons. The number of hydrogen-bond donors (Lipinski definition) is 0. The molecule has 0 saturated carbocycles. The first-order valence-corrected chi connectivity index (χ1v) is 5.45. The number of rotatable bonds is 4. The normalized spacial score (nSPS) is 12.9. The van der Waals surface area contributed by atoms with E-state index in [1.165, 1.54) is 0 Å². The minimum Gasteiger partial charge on any atom is -0.462 e. The van der Waals surface area contributed by atoms with Crippen LogP contribution in [0, 0.1) is 0 Å². The van der Waals surface area contributed by atoms with Gasteiger partial charge in [-0.15, -0.1) is 0 Å². The van der Waals surface area contributed by atoms with E-state index in [1.807, 2.05) is 30.3 Å². The third kappa shape index (κ3) is 2.32. The largest absolute Gasteiger partial charge is 0.462 e. The summed E-state index contributed by atoms with van der Waals surface area (Å²) < 4.78 is 11.2. The number of para-hydroxylation sites is 1. The van der Waals surface area contributed by atoms with Crippen LogP contribution in [0.3, 0.4) is 0 Å². The van der Waals surface area contributed by atoms with Gasteiger partial charge in [-0.1, -0.05) is 31.5 Å². The van der Waals surface area contributed by atoms with E-state index in [0.717, 1.165) is 23.8 Å². The monoisotopic (exact) mass is 204 g/mol. The molecule has 1 aromatic heterocycles. The van der Waals surface area contributed by atoms with E-state index in [4.69, 9.17) is 9.15 Å². The number of ether oxygens (including phenoxy) is 1. The van der Waals surface area contributed by atoms with Crippen molar-refractivity contribution in [3.05, 3.63) is 30.3 Å². The first kappa shape index (κ1) is 10.1. The van der Waals surface area contributed by atoms with Gasteiger partial charge in [-0.25, -0.2) is 0 Å². The van der Waals surface area contributed by atoms with Gasteiger partial charge in [0.05, 0.1) is 6.10 Å².